The smallest absolute Gasteiger partial charge is 0.404 e. The van der Waals surface area contributed by atoms with Crippen LogP contribution in [0, 0.1) is 0 Å². The highest BCUT2D eigenvalue weighted by molar-refractivity contribution is 7.47. The first kappa shape index (κ1) is 46.8. The molecule has 0 fully saturated rings. The van der Waals surface area contributed by atoms with E-state index in [2.05, 4.69) is 13.8 Å². The third kappa shape index (κ3) is 30.4. The van der Waals surface area contributed by atoms with E-state index in [1.807, 2.05) is 0 Å². The molecule has 0 saturated heterocycles. The van der Waals surface area contributed by atoms with Crippen molar-refractivity contribution >= 4 is 14.1 Å². The van der Waals surface area contributed by atoms with Crippen molar-refractivity contribution in [3.05, 3.63) is 29.8 Å². The first-order valence-corrected chi connectivity index (χ1v) is 22.4. The van der Waals surface area contributed by atoms with Crippen LogP contribution < -0.4 is 4.52 Å². The quantitative estimate of drug-likeness (QED) is 0.0410. The molecule has 0 aromatic heterocycles. The van der Waals surface area contributed by atoms with Crippen molar-refractivity contribution in [2.75, 3.05) is 26.4 Å². The van der Waals surface area contributed by atoms with Crippen LogP contribution in [0.15, 0.2) is 24.3 Å². The van der Waals surface area contributed by atoms with Gasteiger partial charge in [0.05, 0.1) is 13.2 Å². The fraction of sp³-hybridized carbons (Fsp3) is 0.833. The second kappa shape index (κ2) is 34.8. The second-order valence-corrected chi connectivity index (χ2v) is 15.7. The Hall–Kier alpha value is -1.24. The standard InChI is InChI=1S/C42H77O7P/c1-3-5-7-9-11-13-15-17-19-21-23-25-27-29-35-46-38-42(39-48-50(44,45)49-41-33-31-40(37-43)32-34-41)47-36-30-28-26-24-22-20-18-16-14-12-10-8-6-4-2/h31-34,37,42H,3-30,35-36,38-39H2,1-2H3,(H,44,45). The molecule has 0 saturated carbocycles. The van der Waals surface area contributed by atoms with Gasteiger partial charge in [-0.25, -0.2) is 4.57 Å². The van der Waals surface area contributed by atoms with Crippen LogP contribution in [-0.4, -0.2) is 43.7 Å². The van der Waals surface area contributed by atoms with Crippen molar-refractivity contribution in [2.24, 2.45) is 0 Å². The molecule has 0 aliphatic carbocycles. The Morgan fingerprint density at radius 2 is 0.940 bits per heavy atom. The minimum absolute atomic E-state index is 0.0997. The number of unbranched alkanes of at least 4 members (excludes halogenated alkanes) is 26. The highest BCUT2D eigenvalue weighted by Gasteiger charge is 2.25. The minimum atomic E-state index is -4.37. The Balaban J connectivity index is 2.23. The summed E-state index contributed by atoms with van der Waals surface area (Å²) in [5.74, 6) is 0.162. The van der Waals surface area contributed by atoms with Crippen LogP contribution in [0.25, 0.3) is 0 Å². The van der Waals surface area contributed by atoms with Gasteiger partial charge in [-0.2, -0.15) is 0 Å². The lowest BCUT2D eigenvalue weighted by Crippen LogP contribution is -2.26. The lowest BCUT2D eigenvalue weighted by atomic mass is 10.0. The van der Waals surface area contributed by atoms with Gasteiger partial charge in [0.2, 0.25) is 0 Å². The van der Waals surface area contributed by atoms with Crippen LogP contribution in [0.5, 0.6) is 5.75 Å². The zero-order valence-corrected chi connectivity index (χ0v) is 33.3. The molecular formula is C42H77O7P. The number of phosphoric acid groups is 1. The molecule has 1 N–H and O–H groups in total. The van der Waals surface area contributed by atoms with Gasteiger partial charge >= 0.3 is 7.82 Å². The van der Waals surface area contributed by atoms with Gasteiger partial charge in [0.15, 0.2) is 0 Å². The third-order valence-electron chi connectivity index (χ3n) is 9.46. The number of carbonyl (C=O) groups is 1. The van der Waals surface area contributed by atoms with Crippen LogP contribution in [0.3, 0.4) is 0 Å². The summed E-state index contributed by atoms with van der Waals surface area (Å²) in [6, 6.07) is 5.99. The van der Waals surface area contributed by atoms with E-state index in [4.69, 9.17) is 18.5 Å². The molecular weight excluding hydrogens is 647 g/mol. The van der Waals surface area contributed by atoms with Crippen molar-refractivity contribution < 1.29 is 32.8 Å². The summed E-state index contributed by atoms with van der Waals surface area (Å²) in [5.41, 5.74) is 0.457. The van der Waals surface area contributed by atoms with Crippen molar-refractivity contribution in [2.45, 2.75) is 200 Å². The zero-order chi connectivity index (χ0) is 36.2. The Bertz CT molecular complexity index is 910. The lowest BCUT2D eigenvalue weighted by molar-refractivity contribution is -0.0426. The van der Waals surface area contributed by atoms with Crippen LogP contribution in [0.2, 0.25) is 0 Å². The van der Waals surface area contributed by atoms with E-state index in [9.17, 15) is 14.3 Å². The van der Waals surface area contributed by atoms with Crippen LogP contribution in [0.1, 0.15) is 204 Å². The van der Waals surface area contributed by atoms with E-state index in [1.165, 1.54) is 178 Å². The molecule has 2 atom stereocenters. The maximum absolute atomic E-state index is 12.6. The maximum Gasteiger partial charge on any atom is 0.527 e. The predicted octanol–water partition coefficient (Wildman–Crippen LogP) is 13.4. The van der Waals surface area contributed by atoms with E-state index in [0.29, 0.717) is 31.7 Å². The van der Waals surface area contributed by atoms with Gasteiger partial charge in [-0.3, -0.25) is 14.2 Å². The normalized spacial score (nSPS) is 13.3. The number of aldehydes is 1. The van der Waals surface area contributed by atoms with E-state index < -0.39 is 13.9 Å². The molecule has 0 heterocycles. The molecule has 7 nitrogen and oxygen atoms in total. The summed E-state index contributed by atoms with van der Waals surface area (Å²) < 4.78 is 35.1. The molecule has 0 aliphatic heterocycles. The first-order valence-electron chi connectivity index (χ1n) is 20.9. The third-order valence-corrected chi connectivity index (χ3v) is 10.4. The molecule has 292 valence electrons. The Kier molecular flexibility index (Phi) is 32.6. The molecule has 1 aromatic rings. The lowest BCUT2D eigenvalue weighted by Gasteiger charge is -2.20. The summed E-state index contributed by atoms with van der Waals surface area (Å²) in [6.07, 6.45) is 36.9. The highest BCUT2D eigenvalue weighted by Crippen LogP contribution is 2.44. The Labute approximate surface area is 308 Å². The molecule has 0 radical (unpaired) electrons. The van der Waals surface area contributed by atoms with Gasteiger partial charge in [-0.1, -0.05) is 181 Å². The van der Waals surface area contributed by atoms with E-state index in [-0.39, 0.29) is 12.4 Å². The van der Waals surface area contributed by atoms with Gasteiger partial charge in [0.25, 0.3) is 0 Å². The van der Waals surface area contributed by atoms with E-state index in [1.54, 1.807) is 0 Å². The van der Waals surface area contributed by atoms with Crippen molar-refractivity contribution in [3.8, 4) is 5.75 Å². The predicted molar refractivity (Wildman–Crippen MR) is 209 cm³/mol. The van der Waals surface area contributed by atoms with Crippen LogP contribution >= 0.6 is 7.82 Å². The summed E-state index contributed by atoms with van der Waals surface area (Å²) >= 11 is 0. The summed E-state index contributed by atoms with van der Waals surface area (Å²) in [7, 11) is -4.37. The number of ether oxygens (including phenoxy) is 2. The van der Waals surface area contributed by atoms with Crippen molar-refractivity contribution in [3.63, 3.8) is 0 Å². The fourth-order valence-corrected chi connectivity index (χ4v) is 7.04. The monoisotopic (exact) mass is 725 g/mol. The second-order valence-electron chi connectivity index (χ2n) is 14.3. The number of carbonyl (C=O) groups excluding carboxylic acids is 1. The average molecular weight is 725 g/mol. The summed E-state index contributed by atoms with van der Waals surface area (Å²) in [6.45, 7) is 5.97. The fourth-order valence-electron chi connectivity index (χ4n) is 6.25. The van der Waals surface area contributed by atoms with Gasteiger partial charge in [0.1, 0.15) is 18.1 Å². The Morgan fingerprint density at radius 3 is 1.34 bits per heavy atom. The molecule has 0 amide bonds. The van der Waals surface area contributed by atoms with Crippen LogP contribution in [0.4, 0.5) is 0 Å². The number of hydrogen-bond acceptors (Lipinski definition) is 6. The van der Waals surface area contributed by atoms with E-state index >= 15 is 0 Å². The van der Waals surface area contributed by atoms with Gasteiger partial charge in [0, 0.05) is 18.8 Å². The average Bonchev–Trinajstić information content (AvgIpc) is 3.11. The van der Waals surface area contributed by atoms with Gasteiger partial charge in [-0.15, -0.1) is 0 Å². The highest BCUT2D eigenvalue weighted by atomic mass is 31.2. The van der Waals surface area contributed by atoms with Crippen molar-refractivity contribution in [1.29, 1.82) is 0 Å². The topological polar surface area (TPSA) is 91.3 Å². The molecule has 2 unspecified atom stereocenters. The summed E-state index contributed by atoms with van der Waals surface area (Å²) in [5, 5.41) is 0. The van der Waals surface area contributed by atoms with Gasteiger partial charge in [-0.05, 0) is 37.1 Å². The molecule has 0 bridgehead atoms. The minimum Gasteiger partial charge on any atom is -0.404 e. The number of rotatable bonds is 39. The molecule has 8 heteroatoms. The summed E-state index contributed by atoms with van der Waals surface area (Å²) in [4.78, 5) is 21.2. The molecule has 1 rings (SSSR count). The number of benzene rings is 1. The van der Waals surface area contributed by atoms with E-state index in [0.717, 1.165) is 25.7 Å². The van der Waals surface area contributed by atoms with Crippen molar-refractivity contribution in [1.82, 2.24) is 0 Å². The molecule has 1 aromatic carbocycles. The molecule has 0 spiro atoms. The van der Waals surface area contributed by atoms with Gasteiger partial charge < -0.3 is 14.0 Å². The number of hydrogen-bond donors (Lipinski definition) is 1. The maximum atomic E-state index is 12.6. The molecule has 0 aliphatic rings. The molecule has 50 heavy (non-hydrogen) atoms. The first-order chi connectivity index (χ1) is 24.5. The number of phosphoric ester groups is 1. The SMILES string of the molecule is CCCCCCCCCCCCCCCCOCC(COP(=O)(O)Oc1ccc(C=O)cc1)OCCCCCCCCCCCCCCCC. The largest absolute Gasteiger partial charge is 0.527 e. The zero-order valence-electron chi connectivity index (χ0n) is 32.4. The van der Waals surface area contributed by atoms with Crippen LogP contribution in [-0.2, 0) is 18.6 Å². The Morgan fingerprint density at radius 1 is 0.560 bits per heavy atom.